The maximum absolute atomic E-state index is 13.2. The summed E-state index contributed by atoms with van der Waals surface area (Å²) in [4.78, 5) is 0. The maximum Gasteiger partial charge on any atom is 0.272 e. The van der Waals surface area contributed by atoms with E-state index in [0.29, 0.717) is 10.7 Å². The minimum Gasteiger partial charge on any atom is -0.387 e. The number of nitrogens with one attached hydrogen (secondary N) is 1. The van der Waals surface area contributed by atoms with E-state index >= 15 is 0 Å². The second-order valence-corrected chi connectivity index (χ2v) is 3.71. The molecule has 1 rings (SSSR count). The molecule has 0 aromatic heterocycles. The number of alkyl halides is 2. The molecule has 0 aliphatic rings. The summed E-state index contributed by atoms with van der Waals surface area (Å²) in [6.45, 7) is 2.60. The van der Waals surface area contributed by atoms with Crippen LogP contribution in [0.5, 0.6) is 0 Å². The highest BCUT2D eigenvalue weighted by Crippen LogP contribution is 2.37. The first-order valence-electron chi connectivity index (χ1n) is 4.22. The van der Waals surface area contributed by atoms with Crippen LogP contribution in [0.1, 0.15) is 18.1 Å². The van der Waals surface area contributed by atoms with Crippen molar-refractivity contribution in [2.75, 3.05) is 12.4 Å². The van der Waals surface area contributed by atoms with Crippen molar-refractivity contribution in [1.29, 1.82) is 0 Å². The normalized spacial score (nSPS) is 11.6. The molecule has 0 aliphatic carbocycles. The topological polar surface area (TPSA) is 12.0 Å². The van der Waals surface area contributed by atoms with Crippen molar-refractivity contribution in [2.24, 2.45) is 0 Å². The van der Waals surface area contributed by atoms with Crippen molar-refractivity contribution in [2.45, 2.75) is 19.8 Å². The van der Waals surface area contributed by atoms with Gasteiger partial charge in [0.2, 0.25) is 0 Å². The Hall–Kier alpha value is -0.830. The zero-order chi connectivity index (χ0) is 10.9. The fourth-order valence-electron chi connectivity index (χ4n) is 1.34. The predicted molar refractivity (Wildman–Crippen MR) is 55.3 cm³/mol. The Labute approximate surface area is 87.1 Å². The molecule has 1 aromatic rings. The number of aryl methyl sites for hydroxylation is 1. The molecule has 14 heavy (non-hydrogen) atoms. The Balaban J connectivity index is 3.40. The van der Waals surface area contributed by atoms with Crippen LogP contribution in [-0.2, 0) is 5.92 Å². The lowest BCUT2D eigenvalue weighted by molar-refractivity contribution is 0.0182. The zero-order valence-corrected chi connectivity index (χ0v) is 9.04. The third kappa shape index (κ3) is 2.15. The largest absolute Gasteiger partial charge is 0.387 e. The van der Waals surface area contributed by atoms with Crippen LogP contribution in [0.25, 0.3) is 0 Å². The summed E-state index contributed by atoms with van der Waals surface area (Å²) in [6, 6.07) is 3.10. The summed E-state index contributed by atoms with van der Waals surface area (Å²) in [6.07, 6.45) is 0. The van der Waals surface area contributed by atoms with Gasteiger partial charge in [0.25, 0.3) is 5.92 Å². The molecule has 1 aromatic carbocycles. The summed E-state index contributed by atoms with van der Waals surface area (Å²) in [5, 5.41) is 3.01. The van der Waals surface area contributed by atoms with E-state index in [2.05, 4.69) is 5.32 Å². The average Bonchev–Trinajstić information content (AvgIpc) is 2.01. The second kappa shape index (κ2) is 3.73. The molecule has 0 atom stereocenters. The first-order valence-corrected chi connectivity index (χ1v) is 4.60. The van der Waals surface area contributed by atoms with Gasteiger partial charge in [-0.2, -0.15) is 0 Å². The Bertz CT molecular complexity index is 345. The third-order valence-electron chi connectivity index (χ3n) is 1.96. The number of hydrogen-bond donors (Lipinski definition) is 1. The SMILES string of the molecule is CNc1c(Cl)cc(C)cc1C(C)(F)F. The van der Waals surface area contributed by atoms with E-state index in [9.17, 15) is 8.78 Å². The Kier molecular flexibility index (Phi) is 3.00. The second-order valence-electron chi connectivity index (χ2n) is 3.31. The van der Waals surface area contributed by atoms with Crippen LogP contribution < -0.4 is 5.32 Å². The van der Waals surface area contributed by atoms with E-state index in [1.54, 1.807) is 20.0 Å². The lowest BCUT2D eigenvalue weighted by Crippen LogP contribution is -2.11. The molecule has 1 nitrogen and oxygen atoms in total. The van der Waals surface area contributed by atoms with Gasteiger partial charge >= 0.3 is 0 Å². The van der Waals surface area contributed by atoms with E-state index in [1.165, 1.54) is 6.07 Å². The van der Waals surface area contributed by atoms with Crippen LogP contribution in [0.15, 0.2) is 12.1 Å². The summed E-state index contributed by atoms with van der Waals surface area (Å²) in [7, 11) is 1.58. The molecule has 1 N–H and O–H groups in total. The molecule has 0 saturated carbocycles. The van der Waals surface area contributed by atoms with Gasteiger partial charge in [-0.05, 0) is 24.6 Å². The van der Waals surface area contributed by atoms with Gasteiger partial charge in [0.1, 0.15) is 0 Å². The highest BCUT2D eigenvalue weighted by Gasteiger charge is 2.28. The molecule has 78 valence electrons. The maximum atomic E-state index is 13.2. The summed E-state index contributed by atoms with van der Waals surface area (Å²) < 4.78 is 26.3. The van der Waals surface area contributed by atoms with Crippen LogP contribution in [0, 0.1) is 6.92 Å². The van der Waals surface area contributed by atoms with Crippen LogP contribution in [0.4, 0.5) is 14.5 Å². The molecule has 0 aliphatic heterocycles. The highest BCUT2D eigenvalue weighted by molar-refractivity contribution is 6.33. The molecule has 0 heterocycles. The minimum absolute atomic E-state index is 0.0648. The molecule has 0 bridgehead atoms. The van der Waals surface area contributed by atoms with E-state index < -0.39 is 5.92 Å². The summed E-state index contributed by atoms with van der Waals surface area (Å²) >= 11 is 5.85. The standard InChI is InChI=1S/C10H12ClF2N/c1-6-4-7(10(2,12)13)9(14-3)8(11)5-6/h4-5,14H,1-3H3. The van der Waals surface area contributed by atoms with Crippen molar-refractivity contribution in [3.05, 3.63) is 28.3 Å². The molecule has 0 spiro atoms. The van der Waals surface area contributed by atoms with E-state index in [-0.39, 0.29) is 5.56 Å². The first kappa shape index (κ1) is 11.2. The molecule has 0 saturated heterocycles. The van der Waals surface area contributed by atoms with Gasteiger partial charge in [-0.3, -0.25) is 0 Å². The quantitative estimate of drug-likeness (QED) is 0.798. The third-order valence-corrected chi connectivity index (χ3v) is 2.26. The number of anilines is 1. The van der Waals surface area contributed by atoms with Gasteiger partial charge in [0.15, 0.2) is 0 Å². The van der Waals surface area contributed by atoms with Crippen LogP contribution in [-0.4, -0.2) is 7.05 Å². The summed E-state index contributed by atoms with van der Waals surface area (Å²) in [5.74, 6) is -2.88. The van der Waals surface area contributed by atoms with Crippen molar-refractivity contribution in [3.63, 3.8) is 0 Å². The van der Waals surface area contributed by atoms with Crippen LogP contribution in [0.3, 0.4) is 0 Å². The van der Waals surface area contributed by atoms with Crippen molar-refractivity contribution in [3.8, 4) is 0 Å². The molecular weight excluding hydrogens is 208 g/mol. The zero-order valence-electron chi connectivity index (χ0n) is 8.29. The molecular formula is C10H12ClF2N. The van der Waals surface area contributed by atoms with Crippen LogP contribution in [0.2, 0.25) is 5.02 Å². The number of hydrogen-bond acceptors (Lipinski definition) is 1. The lowest BCUT2D eigenvalue weighted by Gasteiger charge is -2.17. The van der Waals surface area contributed by atoms with Gasteiger partial charge in [-0.25, -0.2) is 8.78 Å². The molecule has 0 amide bonds. The van der Waals surface area contributed by atoms with Gasteiger partial charge < -0.3 is 5.32 Å². The number of benzene rings is 1. The van der Waals surface area contributed by atoms with Gasteiger partial charge in [0.05, 0.1) is 10.7 Å². The number of rotatable bonds is 2. The van der Waals surface area contributed by atoms with Gasteiger partial charge in [-0.15, -0.1) is 0 Å². The first-order chi connectivity index (χ1) is 6.36. The monoisotopic (exact) mass is 219 g/mol. The smallest absolute Gasteiger partial charge is 0.272 e. The number of halogens is 3. The fraction of sp³-hybridized carbons (Fsp3) is 0.400. The van der Waals surface area contributed by atoms with Crippen molar-refractivity contribution >= 4 is 17.3 Å². The molecule has 0 radical (unpaired) electrons. The van der Waals surface area contributed by atoms with Gasteiger partial charge in [-0.1, -0.05) is 11.6 Å². The molecule has 0 unspecified atom stereocenters. The van der Waals surface area contributed by atoms with E-state index in [0.717, 1.165) is 12.5 Å². The molecule has 4 heteroatoms. The van der Waals surface area contributed by atoms with Crippen molar-refractivity contribution < 1.29 is 8.78 Å². The van der Waals surface area contributed by atoms with Gasteiger partial charge in [0, 0.05) is 19.5 Å². The van der Waals surface area contributed by atoms with E-state index in [4.69, 9.17) is 11.6 Å². The molecule has 0 fully saturated rings. The lowest BCUT2D eigenvalue weighted by atomic mass is 10.0. The minimum atomic E-state index is -2.88. The Morgan fingerprint density at radius 2 is 1.93 bits per heavy atom. The Morgan fingerprint density at radius 1 is 1.36 bits per heavy atom. The highest BCUT2D eigenvalue weighted by atomic mass is 35.5. The average molecular weight is 220 g/mol. The van der Waals surface area contributed by atoms with Crippen LogP contribution >= 0.6 is 11.6 Å². The Morgan fingerprint density at radius 3 is 2.36 bits per heavy atom. The predicted octanol–water partition coefficient (Wildman–Crippen LogP) is 3.80. The summed E-state index contributed by atoms with van der Waals surface area (Å²) in [5.41, 5.74) is 0.959. The van der Waals surface area contributed by atoms with Crippen molar-refractivity contribution in [1.82, 2.24) is 0 Å². The van der Waals surface area contributed by atoms with E-state index in [1.807, 2.05) is 0 Å². The fourth-order valence-corrected chi connectivity index (χ4v) is 1.71.